The summed E-state index contributed by atoms with van der Waals surface area (Å²) in [7, 11) is 0. The molecule has 80 valence electrons. The first-order chi connectivity index (χ1) is 6.72. The fourth-order valence-electron chi connectivity index (χ4n) is 1.35. The first-order valence-corrected chi connectivity index (χ1v) is 5.48. The highest BCUT2D eigenvalue weighted by molar-refractivity contribution is 4.99. The molecule has 0 spiro atoms. The zero-order valence-electron chi connectivity index (χ0n) is 9.42. The van der Waals surface area contributed by atoms with Crippen molar-refractivity contribution in [2.45, 2.75) is 39.7 Å². The van der Waals surface area contributed by atoms with Crippen LogP contribution in [0.3, 0.4) is 0 Å². The molecule has 0 radical (unpaired) electrons. The molecule has 1 aromatic rings. The van der Waals surface area contributed by atoms with E-state index in [1.165, 1.54) is 6.42 Å². The molecule has 14 heavy (non-hydrogen) atoms. The molecular weight excluding hydrogens is 174 g/mol. The first kappa shape index (κ1) is 11.3. The minimum Gasteiger partial charge on any atom is -0.469 e. The number of hydrogen-bond donors (Lipinski definition) is 1. The fraction of sp³-hybridized carbons (Fsp3) is 0.667. The summed E-state index contributed by atoms with van der Waals surface area (Å²) in [6.45, 7) is 7.79. The van der Waals surface area contributed by atoms with E-state index >= 15 is 0 Å². The lowest BCUT2D eigenvalue weighted by atomic mass is 10.1. The van der Waals surface area contributed by atoms with Crippen LogP contribution in [0.5, 0.6) is 0 Å². The molecule has 2 unspecified atom stereocenters. The Morgan fingerprint density at radius 3 is 2.79 bits per heavy atom. The lowest BCUT2D eigenvalue weighted by molar-refractivity contribution is 0.421. The number of hydrogen-bond acceptors (Lipinski definition) is 2. The van der Waals surface area contributed by atoms with Gasteiger partial charge in [0.05, 0.1) is 6.26 Å². The summed E-state index contributed by atoms with van der Waals surface area (Å²) in [4.78, 5) is 0. The third kappa shape index (κ3) is 3.97. The highest BCUT2D eigenvalue weighted by atomic mass is 16.3. The van der Waals surface area contributed by atoms with Crippen LogP contribution in [0.1, 0.15) is 33.0 Å². The quantitative estimate of drug-likeness (QED) is 0.755. The zero-order valence-corrected chi connectivity index (χ0v) is 9.42. The van der Waals surface area contributed by atoms with Crippen LogP contribution < -0.4 is 5.32 Å². The smallest absolute Gasteiger partial charge is 0.105 e. The molecule has 0 saturated carbocycles. The van der Waals surface area contributed by atoms with E-state index in [0.717, 1.165) is 24.6 Å². The van der Waals surface area contributed by atoms with Crippen LogP contribution in [-0.4, -0.2) is 12.6 Å². The molecule has 0 aliphatic rings. The van der Waals surface area contributed by atoms with Crippen molar-refractivity contribution in [1.82, 2.24) is 5.32 Å². The molecule has 0 aliphatic heterocycles. The van der Waals surface area contributed by atoms with Crippen molar-refractivity contribution < 1.29 is 4.42 Å². The summed E-state index contributed by atoms with van der Waals surface area (Å²) < 4.78 is 5.30. The summed E-state index contributed by atoms with van der Waals surface area (Å²) >= 11 is 0. The van der Waals surface area contributed by atoms with E-state index in [0.29, 0.717) is 6.04 Å². The van der Waals surface area contributed by atoms with Crippen molar-refractivity contribution in [3.63, 3.8) is 0 Å². The average Bonchev–Trinajstić information content (AvgIpc) is 2.66. The minimum absolute atomic E-state index is 0.496. The van der Waals surface area contributed by atoms with Gasteiger partial charge >= 0.3 is 0 Å². The molecular formula is C12H21NO. The van der Waals surface area contributed by atoms with E-state index in [4.69, 9.17) is 4.42 Å². The molecule has 1 N–H and O–H groups in total. The largest absolute Gasteiger partial charge is 0.469 e. The van der Waals surface area contributed by atoms with Gasteiger partial charge in [0.2, 0.25) is 0 Å². The van der Waals surface area contributed by atoms with Gasteiger partial charge in [-0.15, -0.1) is 0 Å². The fourth-order valence-corrected chi connectivity index (χ4v) is 1.35. The molecule has 2 nitrogen and oxygen atoms in total. The van der Waals surface area contributed by atoms with Crippen molar-refractivity contribution in [3.8, 4) is 0 Å². The van der Waals surface area contributed by atoms with E-state index in [9.17, 15) is 0 Å². The van der Waals surface area contributed by atoms with E-state index in [-0.39, 0.29) is 0 Å². The molecule has 0 aromatic carbocycles. The second kappa shape index (κ2) is 5.86. The predicted molar refractivity (Wildman–Crippen MR) is 59.3 cm³/mol. The molecule has 1 rings (SSSR count). The SMILES string of the molecule is CCC(C)CNC(C)Cc1ccco1. The van der Waals surface area contributed by atoms with E-state index < -0.39 is 0 Å². The van der Waals surface area contributed by atoms with Gasteiger partial charge in [-0.05, 0) is 31.5 Å². The monoisotopic (exact) mass is 195 g/mol. The van der Waals surface area contributed by atoms with Gasteiger partial charge in [-0.1, -0.05) is 20.3 Å². The van der Waals surface area contributed by atoms with Crippen molar-refractivity contribution >= 4 is 0 Å². The molecule has 0 saturated heterocycles. The lowest BCUT2D eigenvalue weighted by Gasteiger charge is -2.15. The van der Waals surface area contributed by atoms with Gasteiger partial charge < -0.3 is 9.73 Å². The third-order valence-corrected chi connectivity index (χ3v) is 2.60. The maximum absolute atomic E-state index is 5.30. The summed E-state index contributed by atoms with van der Waals surface area (Å²) in [6.07, 6.45) is 3.95. The Bertz CT molecular complexity index is 230. The van der Waals surface area contributed by atoms with E-state index in [1.807, 2.05) is 12.1 Å². The summed E-state index contributed by atoms with van der Waals surface area (Å²) in [5.41, 5.74) is 0. The Hall–Kier alpha value is -0.760. The Kier molecular flexibility index (Phi) is 4.74. The van der Waals surface area contributed by atoms with Crippen LogP contribution in [0, 0.1) is 5.92 Å². The molecule has 0 fully saturated rings. The van der Waals surface area contributed by atoms with Crippen molar-refractivity contribution in [2.24, 2.45) is 5.92 Å². The summed E-state index contributed by atoms with van der Waals surface area (Å²) in [5.74, 6) is 1.82. The Balaban J connectivity index is 2.19. The topological polar surface area (TPSA) is 25.2 Å². The highest BCUT2D eigenvalue weighted by Gasteiger charge is 2.06. The van der Waals surface area contributed by atoms with Crippen LogP contribution in [0.15, 0.2) is 22.8 Å². The van der Waals surface area contributed by atoms with E-state index in [1.54, 1.807) is 6.26 Å². The second-order valence-corrected chi connectivity index (χ2v) is 4.11. The number of furan rings is 1. The van der Waals surface area contributed by atoms with Crippen molar-refractivity contribution in [3.05, 3.63) is 24.2 Å². The number of nitrogens with one attached hydrogen (secondary N) is 1. The Morgan fingerprint density at radius 1 is 1.43 bits per heavy atom. The first-order valence-electron chi connectivity index (χ1n) is 5.48. The van der Waals surface area contributed by atoms with Crippen LogP contribution >= 0.6 is 0 Å². The van der Waals surface area contributed by atoms with Gasteiger partial charge in [0.15, 0.2) is 0 Å². The maximum atomic E-state index is 5.30. The van der Waals surface area contributed by atoms with Gasteiger partial charge in [-0.3, -0.25) is 0 Å². The highest BCUT2D eigenvalue weighted by Crippen LogP contribution is 2.05. The molecule has 2 heteroatoms. The third-order valence-electron chi connectivity index (χ3n) is 2.60. The van der Waals surface area contributed by atoms with Gasteiger partial charge in [-0.25, -0.2) is 0 Å². The van der Waals surface area contributed by atoms with Crippen LogP contribution in [0.25, 0.3) is 0 Å². The Labute approximate surface area is 86.7 Å². The zero-order chi connectivity index (χ0) is 10.4. The summed E-state index contributed by atoms with van der Waals surface area (Å²) in [5, 5.41) is 3.51. The number of rotatable bonds is 6. The van der Waals surface area contributed by atoms with Gasteiger partial charge in [0.1, 0.15) is 5.76 Å². The van der Waals surface area contributed by atoms with Gasteiger partial charge in [0.25, 0.3) is 0 Å². The standard InChI is InChI=1S/C12H21NO/c1-4-10(2)9-13-11(3)8-12-6-5-7-14-12/h5-7,10-11,13H,4,8-9H2,1-3H3. The van der Waals surface area contributed by atoms with Crippen LogP contribution in [0.2, 0.25) is 0 Å². The van der Waals surface area contributed by atoms with Crippen LogP contribution in [-0.2, 0) is 6.42 Å². The normalized spacial score (nSPS) is 15.4. The minimum atomic E-state index is 0.496. The van der Waals surface area contributed by atoms with Crippen molar-refractivity contribution in [2.75, 3.05) is 6.54 Å². The maximum Gasteiger partial charge on any atom is 0.105 e. The second-order valence-electron chi connectivity index (χ2n) is 4.11. The van der Waals surface area contributed by atoms with Crippen LogP contribution in [0.4, 0.5) is 0 Å². The molecule has 0 aliphatic carbocycles. The lowest BCUT2D eigenvalue weighted by Crippen LogP contribution is -2.31. The summed E-state index contributed by atoms with van der Waals surface area (Å²) in [6, 6.07) is 4.47. The van der Waals surface area contributed by atoms with Crippen molar-refractivity contribution in [1.29, 1.82) is 0 Å². The predicted octanol–water partition coefficient (Wildman–Crippen LogP) is 2.85. The molecule has 1 aromatic heterocycles. The van der Waals surface area contributed by atoms with Gasteiger partial charge in [-0.2, -0.15) is 0 Å². The molecule has 2 atom stereocenters. The molecule has 0 bridgehead atoms. The Morgan fingerprint density at radius 2 is 2.21 bits per heavy atom. The average molecular weight is 195 g/mol. The van der Waals surface area contributed by atoms with Gasteiger partial charge in [0, 0.05) is 12.5 Å². The molecule has 1 heterocycles. The molecule has 0 amide bonds. The van der Waals surface area contributed by atoms with E-state index in [2.05, 4.69) is 26.1 Å².